The molecule has 2 aliphatic rings. The number of carbonyl (C=O) groups excluding carboxylic acids is 1. The fraction of sp³-hybridized carbons (Fsp3) is 0.923. The lowest BCUT2D eigenvalue weighted by molar-refractivity contribution is -0.130. The van der Waals surface area contributed by atoms with E-state index in [9.17, 15) is 4.79 Å². The quantitative estimate of drug-likeness (QED) is 0.756. The fourth-order valence-corrected chi connectivity index (χ4v) is 4.03. The Balaban J connectivity index is 2.21. The number of halogens is 1. The predicted octanol–water partition coefficient (Wildman–Crippen LogP) is 2.89. The summed E-state index contributed by atoms with van der Waals surface area (Å²) in [6.45, 7) is 0. The highest BCUT2D eigenvalue weighted by molar-refractivity contribution is 6.21. The first-order valence-corrected chi connectivity index (χ1v) is 7.00. The first-order valence-electron chi connectivity index (χ1n) is 6.57. The average molecular weight is 244 g/mol. The molecule has 0 spiro atoms. The molecule has 0 aliphatic heterocycles. The minimum absolute atomic E-state index is 0.184. The van der Waals surface area contributed by atoms with E-state index in [1.165, 1.54) is 12.8 Å². The smallest absolute Gasteiger partial charge is 0.153 e. The van der Waals surface area contributed by atoms with Crippen LogP contribution >= 0.6 is 11.6 Å². The van der Waals surface area contributed by atoms with Crippen molar-refractivity contribution >= 4 is 17.4 Å². The van der Waals surface area contributed by atoms with E-state index >= 15 is 0 Å². The van der Waals surface area contributed by atoms with Gasteiger partial charge in [-0.25, -0.2) is 0 Å². The van der Waals surface area contributed by atoms with Crippen LogP contribution in [0.15, 0.2) is 0 Å². The zero-order chi connectivity index (χ0) is 11.6. The van der Waals surface area contributed by atoms with Crippen molar-refractivity contribution in [2.45, 2.75) is 62.3 Å². The van der Waals surface area contributed by atoms with Crippen LogP contribution in [0.25, 0.3) is 0 Å². The molecule has 92 valence electrons. The zero-order valence-corrected chi connectivity index (χ0v) is 10.9. The number of nitrogens with one attached hydrogen (secondary N) is 1. The summed E-state index contributed by atoms with van der Waals surface area (Å²) in [7, 11) is 1.93. The molecule has 2 saturated carbocycles. The Hall–Kier alpha value is -0.0800. The van der Waals surface area contributed by atoms with E-state index in [0.29, 0.717) is 11.7 Å². The molecule has 2 aliphatic carbocycles. The summed E-state index contributed by atoms with van der Waals surface area (Å²) in [5, 5.41) is 3.52. The molecule has 0 aromatic rings. The van der Waals surface area contributed by atoms with Crippen molar-refractivity contribution in [3.05, 3.63) is 0 Å². The SMILES string of the molecule is CNC1(C2CCCC[C@H]2Cl)CCCCC1=O. The Labute approximate surface area is 103 Å². The van der Waals surface area contributed by atoms with E-state index in [1.807, 2.05) is 7.05 Å². The van der Waals surface area contributed by atoms with Crippen LogP contribution in [0.2, 0.25) is 0 Å². The Kier molecular flexibility index (Phi) is 3.91. The third kappa shape index (κ3) is 2.02. The third-order valence-corrected chi connectivity index (χ3v) is 5.01. The van der Waals surface area contributed by atoms with Gasteiger partial charge in [-0.3, -0.25) is 4.79 Å². The van der Waals surface area contributed by atoms with Gasteiger partial charge >= 0.3 is 0 Å². The molecule has 1 N–H and O–H groups in total. The molecular weight excluding hydrogens is 222 g/mol. The van der Waals surface area contributed by atoms with Crippen LogP contribution in [-0.2, 0) is 4.79 Å². The molecule has 0 radical (unpaired) electrons. The van der Waals surface area contributed by atoms with E-state index in [2.05, 4.69) is 5.32 Å². The van der Waals surface area contributed by atoms with Gasteiger partial charge in [0.1, 0.15) is 0 Å². The zero-order valence-electron chi connectivity index (χ0n) is 10.1. The lowest BCUT2D eigenvalue weighted by Gasteiger charge is -2.45. The summed E-state index contributed by atoms with van der Waals surface area (Å²) in [4.78, 5) is 12.3. The molecule has 0 aromatic carbocycles. The molecule has 2 nitrogen and oxygen atoms in total. The van der Waals surface area contributed by atoms with Crippen molar-refractivity contribution in [3.8, 4) is 0 Å². The van der Waals surface area contributed by atoms with Crippen LogP contribution in [-0.4, -0.2) is 23.7 Å². The van der Waals surface area contributed by atoms with Gasteiger partial charge in [-0.2, -0.15) is 0 Å². The minimum atomic E-state index is -0.301. The third-order valence-electron chi connectivity index (χ3n) is 4.48. The number of carbonyl (C=O) groups is 1. The summed E-state index contributed by atoms with van der Waals surface area (Å²) in [6.07, 6.45) is 8.57. The second-order valence-corrected chi connectivity index (χ2v) is 5.82. The van der Waals surface area contributed by atoms with Crippen LogP contribution in [0, 0.1) is 5.92 Å². The van der Waals surface area contributed by atoms with Crippen LogP contribution in [0.3, 0.4) is 0 Å². The molecule has 2 fully saturated rings. The molecule has 16 heavy (non-hydrogen) atoms. The second-order valence-electron chi connectivity index (χ2n) is 5.26. The number of hydrogen-bond donors (Lipinski definition) is 1. The van der Waals surface area contributed by atoms with Crippen molar-refractivity contribution in [2.75, 3.05) is 7.05 Å². The molecule has 2 rings (SSSR count). The monoisotopic (exact) mass is 243 g/mol. The van der Waals surface area contributed by atoms with Gasteiger partial charge in [0.05, 0.1) is 5.54 Å². The maximum absolute atomic E-state index is 12.3. The molecule has 2 unspecified atom stereocenters. The Morgan fingerprint density at radius 1 is 1.25 bits per heavy atom. The highest BCUT2D eigenvalue weighted by Gasteiger charge is 2.48. The molecule has 0 amide bonds. The van der Waals surface area contributed by atoms with E-state index in [0.717, 1.165) is 38.5 Å². The molecule has 0 saturated heterocycles. The van der Waals surface area contributed by atoms with Crippen LogP contribution in [0.1, 0.15) is 51.4 Å². The van der Waals surface area contributed by atoms with Crippen molar-refractivity contribution in [1.29, 1.82) is 0 Å². The molecular formula is C13H22ClNO. The van der Waals surface area contributed by atoms with E-state index in [-0.39, 0.29) is 10.9 Å². The Bertz CT molecular complexity index is 269. The summed E-state index contributed by atoms with van der Waals surface area (Å²) >= 11 is 6.46. The maximum Gasteiger partial charge on any atom is 0.153 e. The predicted molar refractivity (Wildman–Crippen MR) is 66.9 cm³/mol. The molecule has 3 atom stereocenters. The number of Topliss-reactive ketones (excluding diaryl/α,β-unsaturated/α-hetero) is 1. The molecule has 3 heteroatoms. The molecule has 0 aromatic heterocycles. The maximum atomic E-state index is 12.3. The number of rotatable bonds is 2. The Morgan fingerprint density at radius 3 is 2.62 bits per heavy atom. The fourth-order valence-electron chi connectivity index (χ4n) is 3.53. The van der Waals surface area contributed by atoms with Gasteiger partial charge in [-0.15, -0.1) is 11.6 Å². The number of hydrogen-bond acceptors (Lipinski definition) is 2. The van der Waals surface area contributed by atoms with Gasteiger partial charge in [0.2, 0.25) is 0 Å². The number of alkyl halides is 1. The Morgan fingerprint density at radius 2 is 2.00 bits per heavy atom. The van der Waals surface area contributed by atoms with E-state index in [4.69, 9.17) is 11.6 Å². The van der Waals surface area contributed by atoms with Crippen LogP contribution in [0.4, 0.5) is 0 Å². The average Bonchev–Trinajstić information content (AvgIpc) is 2.31. The first kappa shape index (κ1) is 12.4. The van der Waals surface area contributed by atoms with E-state index in [1.54, 1.807) is 0 Å². The van der Waals surface area contributed by atoms with Crippen molar-refractivity contribution < 1.29 is 4.79 Å². The number of likely N-dealkylation sites (N-methyl/N-ethyl adjacent to an activating group) is 1. The van der Waals surface area contributed by atoms with Gasteiger partial charge in [0.25, 0.3) is 0 Å². The van der Waals surface area contributed by atoms with Gasteiger partial charge in [0.15, 0.2) is 5.78 Å². The normalized spacial score (nSPS) is 41.0. The van der Waals surface area contributed by atoms with Gasteiger partial charge in [-0.05, 0) is 32.7 Å². The topological polar surface area (TPSA) is 29.1 Å². The van der Waals surface area contributed by atoms with Crippen LogP contribution < -0.4 is 5.32 Å². The summed E-state index contributed by atoms with van der Waals surface area (Å²) in [5.41, 5.74) is -0.301. The molecule has 0 heterocycles. The minimum Gasteiger partial charge on any atom is -0.308 e. The van der Waals surface area contributed by atoms with Crippen molar-refractivity contribution in [2.24, 2.45) is 5.92 Å². The molecule has 0 bridgehead atoms. The standard InChI is InChI=1S/C13H22ClNO/c1-15-13(9-5-4-8-12(13)16)10-6-2-3-7-11(10)14/h10-11,15H,2-9H2,1H3/t10?,11-,13?/m1/s1. The highest BCUT2D eigenvalue weighted by Crippen LogP contribution is 2.41. The van der Waals surface area contributed by atoms with Crippen LogP contribution in [0.5, 0.6) is 0 Å². The van der Waals surface area contributed by atoms with Gasteiger partial charge in [0, 0.05) is 17.7 Å². The van der Waals surface area contributed by atoms with E-state index < -0.39 is 0 Å². The van der Waals surface area contributed by atoms with Gasteiger partial charge < -0.3 is 5.32 Å². The van der Waals surface area contributed by atoms with Crippen molar-refractivity contribution in [3.63, 3.8) is 0 Å². The summed E-state index contributed by atoms with van der Waals surface area (Å²) < 4.78 is 0. The van der Waals surface area contributed by atoms with Crippen molar-refractivity contribution in [1.82, 2.24) is 5.32 Å². The number of ketones is 1. The second kappa shape index (κ2) is 5.05. The largest absolute Gasteiger partial charge is 0.308 e. The lowest BCUT2D eigenvalue weighted by atomic mass is 9.66. The lowest BCUT2D eigenvalue weighted by Crippen LogP contribution is -2.60. The highest BCUT2D eigenvalue weighted by atomic mass is 35.5. The summed E-state index contributed by atoms with van der Waals surface area (Å²) in [6, 6.07) is 0. The van der Waals surface area contributed by atoms with Gasteiger partial charge in [-0.1, -0.05) is 19.3 Å². The summed E-state index contributed by atoms with van der Waals surface area (Å²) in [5.74, 6) is 0.750. The first-order chi connectivity index (χ1) is 7.70.